The molecule has 8 heteroatoms. The number of aromatic nitrogens is 4. The SMILES string of the molecule is O[C@@H](Cn1nnc(CCl)n1)c1cc2cccc(F)c2o1. The van der Waals surface area contributed by atoms with Crippen LogP contribution in [0.15, 0.2) is 28.7 Å². The van der Waals surface area contributed by atoms with E-state index in [1.807, 2.05) is 0 Å². The first-order valence-corrected chi connectivity index (χ1v) is 6.39. The third-order valence-corrected chi connectivity index (χ3v) is 3.03. The number of halogens is 2. The molecule has 1 atom stereocenters. The summed E-state index contributed by atoms with van der Waals surface area (Å²) in [7, 11) is 0. The second kappa shape index (κ2) is 5.18. The van der Waals surface area contributed by atoms with Crippen LogP contribution >= 0.6 is 11.6 Å². The molecule has 104 valence electrons. The normalized spacial score (nSPS) is 12.9. The van der Waals surface area contributed by atoms with Crippen molar-refractivity contribution in [2.24, 2.45) is 0 Å². The van der Waals surface area contributed by atoms with Gasteiger partial charge in [0.05, 0.1) is 12.4 Å². The van der Waals surface area contributed by atoms with Gasteiger partial charge in [0.2, 0.25) is 0 Å². The van der Waals surface area contributed by atoms with E-state index in [1.165, 1.54) is 10.9 Å². The molecule has 1 aromatic carbocycles. The number of rotatable bonds is 4. The highest BCUT2D eigenvalue weighted by Crippen LogP contribution is 2.26. The maximum absolute atomic E-state index is 13.5. The van der Waals surface area contributed by atoms with Crippen LogP contribution in [0.2, 0.25) is 0 Å². The van der Waals surface area contributed by atoms with Crippen LogP contribution in [-0.4, -0.2) is 25.3 Å². The Hall–Kier alpha value is -1.99. The van der Waals surface area contributed by atoms with Crippen molar-refractivity contribution in [3.63, 3.8) is 0 Å². The Morgan fingerprint density at radius 2 is 2.30 bits per heavy atom. The fourth-order valence-corrected chi connectivity index (χ4v) is 1.97. The summed E-state index contributed by atoms with van der Waals surface area (Å²) >= 11 is 5.56. The van der Waals surface area contributed by atoms with Crippen LogP contribution in [0.5, 0.6) is 0 Å². The first kappa shape index (κ1) is 13.0. The van der Waals surface area contributed by atoms with E-state index in [2.05, 4.69) is 15.4 Å². The van der Waals surface area contributed by atoms with E-state index >= 15 is 0 Å². The van der Waals surface area contributed by atoms with E-state index in [4.69, 9.17) is 16.0 Å². The van der Waals surface area contributed by atoms with Gasteiger partial charge in [0.25, 0.3) is 0 Å². The summed E-state index contributed by atoms with van der Waals surface area (Å²) in [4.78, 5) is 1.21. The monoisotopic (exact) mass is 296 g/mol. The fraction of sp³-hybridized carbons (Fsp3) is 0.250. The smallest absolute Gasteiger partial charge is 0.189 e. The van der Waals surface area contributed by atoms with Crippen LogP contribution in [0.1, 0.15) is 17.7 Å². The summed E-state index contributed by atoms with van der Waals surface area (Å²) in [6.07, 6.45) is -1.00. The molecule has 0 radical (unpaired) electrons. The Balaban J connectivity index is 1.84. The van der Waals surface area contributed by atoms with Crippen molar-refractivity contribution in [3.8, 4) is 0 Å². The number of hydrogen-bond donors (Lipinski definition) is 1. The summed E-state index contributed by atoms with van der Waals surface area (Å²) in [6.45, 7) is 0.0470. The lowest BCUT2D eigenvalue weighted by molar-refractivity contribution is 0.121. The molecular formula is C12H10ClFN4O2. The highest BCUT2D eigenvalue weighted by atomic mass is 35.5. The molecule has 0 aliphatic rings. The lowest BCUT2D eigenvalue weighted by Gasteiger charge is -2.05. The van der Waals surface area contributed by atoms with Gasteiger partial charge in [-0.25, -0.2) is 4.39 Å². The number of hydrogen-bond acceptors (Lipinski definition) is 5. The van der Waals surface area contributed by atoms with E-state index in [0.29, 0.717) is 11.2 Å². The number of tetrazole rings is 1. The van der Waals surface area contributed by atoms with Crippen LogP contribution in [0.3, 0.4) is 0 Å². The maximum Gasteiger partial charge on any atom is 0.189 e. The first-order chi connectivity index (χ1) is 9.67. The summed E-state index contributed by atoms with van der Waals surface area (Å²) in [6, 6.07) is 6.17. The number of nitrogens with zero attached hydrogens (tertiary/aromatic N) is 4. The molecule has 0 spiro atoms. The predicted octanol–water partition coefficient (Wildman–Crippen LogP) is 2.03. The van der Waals surface area contributed by atoms with Crippen molar-refractivity contribution in [3.05, 3.63) is 41.7 Å². The lowest BCUT2D eigenvalue weighted by atomic mass is 10.2. The molecule has 3 aromatic rings. The van der Waals surface area contributed by atoms with Crippen LogP contribution in [0.4, 0.5) is 4.39 Å². The summed E-state index contributed by atoms with van der Waals surface area (Å²) in [5, 5.41) is 22.0. The predicted molar refractivity (Wildman–Crippen MR) is 68.5 cm³/mol. The number of para-hydroxylation sites is 1. The molecule has 1 N–H and O–H groups in total. The zero-order valence-electron chi connectivity index (χ0n) is 10.2. The molecule has 0 fully saturated rings. The maximum atomic E-state index is 13.5. The number of furan rings is 1. The molecule has 0 saturated carbocycles. The van der Waals surface area contributed by atoms with Crippen molar-refractivity contribution in [1.82, 2.24) is 20.2 Å². The minimum atomic E-state index is -1.00. The Morgan fingerprint density at radius 1 is 1.45 bits per heavy atom. The van der Waals surface area contributed by atoms with E-state index in [0.717, 1.165) is 0 Å². The van der Waals surface area contributed by atoms with E-state index < -0.39 is 11.9 Å². The molecule has 0 aliphatic carbocycles. The molecule has 2 aromatic heterocycles. The molecule has 2 heterocycles. The molecule has 0 saturated heterocycles. The third kappa shape index (κ3) is 2.37. The van der Waals surface area contributed by atoms with Crippen molar-refractivity contribution in [2.45, 2.75) is 18.5 Å². The fourth-order valence-electron chi connectivity index (χ4n) is 1.86. The molecule has 0 unspecified atom stereocenters. The number of aliphatic hydroxyl groups excluding tert-OH is 1. The van der Waals surface area contributed by atoms with Gasteiger partial charge in [0, 0.05) is 5.39 Å². The van der Waals surface area contributed by atoms with Gasteiger partial charge in [-0.1, -0.05) is 12.1 Å². The number of aliphatic hydroxyl groups is 1. The average molecular weight is 297 g/mol. The quantitative estimate of drug-likeness (QED) is 0.745. The van der Waals surface area contributed by atoms with Crippen molar-refractivity contribution < 1.29 is 13.9 Å². The average Bonchev–Trinajstić information content (AvgIpc) is 3.05. The number of fused-ring (bicyclic) bond motifs is 1. The third-order valence-electron chi connectivity index (χ3n) is 2.79. The topological polar surface area (TPSA) is 77.0 Å². The largest absolute Gasteiger partial charge is 0.455 e. The molecule has 0 aliphatic heterocycles. The lowest BCUT2D eigenvalue weighted by Crippen LogP contribution is -2.11. The van der Waals surface area contributed by atoms with Crippen molar-refractivity contribution in [1.29, 1.82) is 0 Å². The van der Waals surface area contributed by atoms with Crippen LogP contribution in [0.25, 0.3) is 11.0 Å². The van der Waals surface area contributed by atoms with Gasteiger partial charge < -0.3 is 9.52 Å². The molecule has 20 heavy (non-hydrogen) atoms. The summed E-state index contributed by atoms with van der Waals surface area (Å²) in [5.41, 5.74) is 0.120. The van der Waals surface area contributed by atoms with Gasteiger partial charge in [-0.15, -0.1) is 21.8 Å². The van der Waals surface area contributed by atoms with Gasteiger partial charge in [0.1, 0.15) is 11.9 Å². The molecular weight excluding hydrogens is 287 g/mol. The van der Waals surface area contributed by atoms with Gasteiger partial charge in [0.15, 0.2) is 17.2 Å². The molecule has 0 amide bonds. The minimum absolute atomic E-state index is 0.0470. The van der Waals surface area contributed by atoms with Gasteiger partial charge in [-0.3, -0.25) is 0 Å². The molecule has 6 nitrogen and oxygen atoms in total. The van der Waals surface area contributed by atoms with Crippen molar-refractivity contribution in [2.75, 3.05) is 0 Å². The zero-order chi connectivity index (χ0) is 14.1. The van der Waals surface area contributed by atoms with Crippen LogP contribution in [0, 0.1) is 5.82 Å². The highest BCUT2D eigenvalue weighted by Gasteiger charge is 2.17. The molecule has 3 rings (SSSR count). The number of benzene rings is 1. The van der Waals surface area contributed by atoms with Gasteiger partial charge in [-0.05, 0) is 17.3 Å². The van der Waals surface area contributed by atoms with Crippen molar-refractivity contribution >= 4 is 22.6 Å². The Labute approximate surface area is 117 Å². The second-order valence-electron chi connectivity index (χ2n) is 4.22. The zero-order valence-corrected chi connectivity index (χ0v) is 11.0. The summed E-state index contributed by atoms with van der Waals surface area (Å²) in [5.74, 6) is 0.292. The Kier molecular flexibility index (Phi) is 3.37. The highest BCUT2D eigenvalue weighted by molar-refractivity contribution is 6.16. The Morgan fingerprint density at radius 3 is 3.00 bits per heavy atom. The van der Waals surface area contributed by atoms with Crippen LogP contribution < -0.4 is 0 Å². The number of alkyl halides is 1. The molecule has 0 bridgehead atoms. The second-order valence-corrected chi connectivity index (χ2v) is 4.48. The van der Waals surface area contributed by atoms with E-state index in [9.17, 15) is 9.50 Å². The Bertz CT molecular complexity index is 742. The van der Waals surface area contributed by atoms with Gasteiger partial charge in [-0.2, -0.15) is 4.80 Å². The summed E-state index contributed by atoms with van der Waals surface area (Å²) < 4.78 is 18.8. The standard InChI is InChI=1S/C12H10ClFN4O2/c13-5-11-15-17-18(16-11)6-9(19)10-4-7-2-1-3-8(14)12(7)20-10/h1-4,9,19H,5-6H2/t9-/m0/s1. The first-order valence-electron chi connectivity index (χ1n) is 5.86. The van der Waals surface area contributed by atoms with E-state index in [1.54, 1.807) is 18.2 Å². The van der Waals surface area contributed by atoms with E-state index in [-0.39, 0.29) is 23.8 Å². The van der Waals surface area contributed by atoms with Crippen LogP contribution in [-0.2, 0) is 12.4 Å². The van der Waals surface area contributed by atoms with Gasteiger partial charge >= 0.3 is 0 Å². The minimum Gasteiger partial charge on any atom is -0.455 e.